The predicted molar refractivity (Wildman–Crippen MR) is 246 cm³/mol. The molecule has 22 heteroatoms. The molecule has 0 heterocycles. The molecular formula is C44H38Cl2N4O14S2. The number of amides is 2. The van der Waals surface area contributed by atoms with E-state index in [0.717, 1.165) is 0 Å². The Morgan fingerprint density at radius 2 is 0.818 bits per heavy atom. The van der Waals surface area contributed by atoms with Gasteiger partial charge in [0.25, 0.3) is 31.9 Å². The van der Waals surface area contributed by atoms with Crippen molar-refractivity contribution in [3.8, 4) is 23.0 Å². The summed E-state index contributed by atoms with van der Waals surface area (Å²) in [6, 6.07) is 27.9. The van der Waals surface area contributed by atoms with E-state index in [1.807, 2.05) is 0 Å². The van der Waals surface area contributed by atoms with Gasteiger partial charge in [0.1, 0.15) is 0 Å². The van der Waals surface area contributed by atoms with E-state index in [9.17, 15) is 36.0 Å². The molecule has 0 unspecified atom stereocenters. The van der Waals surface area contributed by atoms with Gasteiger partial charge in [-0.05, 0) is 109 Å². The minimum Gasteiger partial charge on any atom is -0.493 e. The van der Waals surface area contributed by atoms with Gasteiger partial charge in [0.2, 0.25) is 0 Å². The first-order valence-corrected chi connectivity index (χ1v) is 22.4. The third kappa shape index (κ3) is 12.4. The summed E-state index contributed by atoms with van der Waals surface area (Å²) < 4.78 is 77.4. The smallest absolute Gasteiger partial charge is 0.335 e. The fraction of sp³-hybridized carbons (Fsp3) is 0.0909. The first-order valence-electron chi connectivity index (χ1n) is 18.7. The number of ether oxygens (including phenoxy) is 4. The van der Waals surface area contributed by atoms with Crippen LogP contribution >= 0.6 is 23.2 Å². The molecule has 18 nitrogen and oxygen atoms in total. The van der Waals surface area contributed by atoms with Crippen molar-refractivity contribution in [3.63, 3.8) is 0 Å². The van der Waals surface area contributed by atoms with E-state index in [0.29, 0.717) is 11.4 Å². The number of carboxylic acid groups (broad SMARTS) is 2. The Labute approximate surface area is 388 Å². The van der Waals surface area contributed by atoms with Gasteiger partial charge in [-0.2, -0.15) is 0 Å². The molecule has 0 aliphatic heterocycles. The van der Waals surface area contributed by atoms with Crippen molar-refractivity contribution in [2.75, 3.05) is 48.5 Å². The fourth-order valence-electron chi connectivity index (χ4n) is 5.82. The third-order valence-corrected chi connectivity index (χ3v) is 12.2. The Kier molecular flexibility index (Phi) is 16.1. The molecule has 0 saturated carbocycles. The van der Waals surface area contributed by atoms with E-state index in [-0.39, 0.29) is 76.5 Å². The molecule has 0 radical (unpaired) electrons. The molecule has 2 amide bonds. The molecule has 0 saturated heterocycles. The average molecular weight is 982 g/mol. The van der Waals surface area contributed by atoms with Crippen molar-refractivity contribution in [1.82, 2.24) is 0 Å². The van der Waals surface area contributed by atoms with Crippen LogP contribution < -0.4 is 39.0 Å². The Morgan fingerprint density at radius 3 is 1.11 bits per heavy atom. The van der Waals surface area contributed by atoms with Gasteiger partial charge in [0.05, 0.1) is 60.7 Å². The number of aromatic carboxylic acids is 2. The lowest BCUT2D eigenvalue weighted by molar-refractivity contribution is 0.0686. The van der Waals surface area contributed by atoms with Crippen LogP contribution in [-0.2, 0) is 20.0 Å². The Morgan fingerprint density at radius 1 is 0.470 bits per heavy atom. The van der Waals surface area contributed by atoms with E-state index in [1.165, 1.54) is 150 Å². The average Bonchev–Trinajstić information content (AvgIpc) is 3.28. The van der Waals surface area contributed by atoms with Crippen LogP contribution in [0.25, 0.3) is 0 Å². The van der Waals surface area contributed by atoms with Gasteiger partial charge in [0, 0.05) is 32.5 Å². The normalized spacial score (nSPS) is 10.9. The summed E-state index contributed by atoms with van der Waals surface area (Å²) in [7, 11) is -2.77. The lowest BCUT2D eigenvalue weighted by Gasteiger charge is -2.17. The van der Waals surface area contributed by atoms with Crippen LogP contribution in [0.15, 0.2) is 131 Å². The molecule has 0 aliphatic rings. The van der Waals surface area contributed by atoms with Gasteiger partial charge < -0.3 is 39.8 Å². The van der Waals surface area contributed by atoms with E-state index >= 15 is 0 Å². The summed E-state index contributed by atoms with van der Waals surface area (Å²) in [5.74, 6) is -2.96. The Balaban J connectivity index is 0.000000247. The molecular weight excluding hydrogens is 944 g/mol. The number of carbonyl (C=O) groups excluding carboxylic acids is 2. The molecule has 6 aromatic carbocycles. The summed E-state index contributed by atoms with van der Waals surface area (Å²) >= 11 is 11.8. The molecule has 0 spiro atoms. The summed E-state index contributed by atoms with van der Waals surface area (Å²) in [5.41, 5.74) is 0.916. The number of benzene rings is 6. The van der Waals surface area contributed by atoms with Gasteiger partial charge >= 0.3 is 11.9 Å². The molecule has 0 fully saturated rings. The number of nitrogens with one attached hydrogen (secondary N) is 4. The maximum absolute atomic E-state index is 12.9. The van der Waals surface area contributed by atoms with E-state index < -0.39 is 43.8 Å². The standard InChI is InChI=1S/2C22H19ClN2O7S/c2*1-31-19-11-14(21(26)24-16-8-6-13(7-9-16)22(27)28)10-18(20(19)32-2)25-33(29,30)17-5-3-4-15(23)12-17/h2*3-12,25H,1-2H3,(H,24,26)(H,27,28). The molecule has 0 aliphatic carbocycles. The van der Waals surface area contributed by atoms with Crippen molar-refractivity contribution in [3.05, 3.63) is 154 Å². The largest absolute Gasteiger partial charge is 0.493 e. The summed E-state index contributed by atoms with van der Waals surface area (Å²) in [6.07, 6.45) is 0. The second-order valence-corrected chi connectivity index (χ2v) is 17.6. The van der Waals surface area contributed by atoms with Crippen molar-refractivity contribution in [1.29, 1.82) is 0 Å². The van der Waals surface area contributed by atoms with Crippen molar-refractivity contribution >= 4 is 89.8 Å². The molecule has 0 atom stereocenters. The van der Waals surface area contributed by atoms with Gasteiger partial charge in [-0.3, -0.25) is 19.0 Å². The number of hydrogen-bond donors (Lipinski definition) is 6. The number of carboxylic acids is 2. The summed E-state index contributed by atoms with van der Waals surface area (Å²) in [5, 5.41) is 23.7. The van der Waals surface area contributed by atoms with Crippen LogP contribution in [-0.4, -0.2) is 79.2 Å². The Hall–Kier alpha value is -7.52. The maximum atomic E-state index is 12.9. The monoisotopic (exact) mass is 980 g/mol. The van der Waals surface area contributed by atoms with Crippen LogP contribution in [0, 0.1) is 0 Å². The highest BCUT2D eigenvalue weighted by Gasteiger charge is 2.24. The van der Waals surface area contributed by atoms with Crippen LogP contribution in [0.2, 0.25) is 10.0 Å². The number of hydrogen-bond acceptors (Lipinski definition) is 12. The van der Waals surface area contributed by atoms with Crippen LogP contribution in [0.4, 0.5) is 22.7 Å². The van der Waals surface area contributed by atoms with E-state index in [2.05, 4.69) is 20.1 Å². The van der Waals surface area contributed by atoms with Gasteiger partial charge in [-0.25, -0.2) is 26.4 Å². The SMILES string of the molecule is COc1cc(C(=O)Nc2ccc(C(=O)O)cc2)cc(NS(=O)(=O)c2cccc(Cl)c2)c1OC.COc1cc(C(=O)Nc2ccc(C(=O)O)cc2)cc(NS(=O)(=O)c2cccc(Cl)c2)c1OC. The van der Waals surface area contributed by atoms with E-state index in [4.69, 9.17) is 52.4 Å². The number of halogens is 2. The fourth-order valence-corrected chi connectivity index (χ4v) is 8.52. The molecule has 6 N–H and O–H groups in total. The third-order valence-electron chi connectivity index (χ3n) is 8.96. The number of methoxy groups -OCH3 is 4. The molecule has 6 aromatic rings. The zero-order chi connectivity index (χ0) is 48.3. The van der Waals surface area contributed by atoms with Crippen LogP contribution in [0.3, 0.4) is 0 Å². The number of rotatable bonds is 16. The first kappa shape index (κ1) is 49.5. The number of carbonyl (C=O) groups is 4. The highest BCUT2D eigenvalue weighted by molar-refractivity contribution is 7.93. The molecule has 344 valence electrons. The first-order chi connectivity index (χ1) is 31.3. The topological polar surface area (TPSA) is 262 Å². The highest BCUT2D eigenvalue weighted by Crippen LogP contribution is 2.39. The zero-order valence-electron chi connectivity index (χ0n) is 34.9. The van der Waals surface area contributed by atoms with Gasteiger partial charge in [0.15, 0.2) is 23.0 Å². The molecule has 0 aromatic heterocycles. The second-order valence-electron chi connectivity index (χ2n) is 13.3. The summed E-state index contributed by atoms with van der Waals surface area (Å²) in [6.45, 7) is 0. The second kappa shape index (κ2) is 21.4. The molecule has 0 bridgehead atoms. The number of sulfonamides is 2. The number of anilines is 4. The quantitative estimate of drug-likeness (QED) is 0.0534. The predicted octanol–water partition coefficient (Wildman–Crippen LogP) is 8.22. The van der Waals surface area contributed by atoms with Gasteiger partial charge in [-0.1, -0.05) is 35.3 Å². The van der Waals surface area contributed by atoms with Crippen LogP contribution in [0.5, 0.6) is 23.0 Å². The maximum Gasteiger partial charge on any atom is 0.335 e. The summed E-state index contributed by atoms with van der Waals surface area (Å²) in [4.78, 5) is 47.4. The lowest BCUT2D eigenvalue weighted by Crippen LogP contribution is -2.16. The lowest BCUT2D eigenvalue weighted by atomic mass is 10.1. The minimum absolute atomic E-state index is 0.0248. The Bertz CT molecular complexity index is 2820. The van der Waals surface area contributed by atoms with Gasteiger partial charge in [-0.15, -0.1) is 0 Å². The molecule has 6 rings (SSSR count). The van der Waals surface area contributed by atoms with E-state index in [1.54, 1.807) is 0 Å². The van der Waals surface area contributed by atoms with Crippen molar-refractivity contribution in [2.24, 2.45) is 0 Å². The van der Waals surface area contributed by atoms with Crippen LogP contribution in [0.1, 0.15) is 41.4 Å². The molecule has 66 heavy (non-hydrogen) atoms. The minimum atomic E-state index is -4.06. The van der Waals surface area contributed by atoms with Crippen molar-refractivity contribution in [2.45, 2.75) is 9.79 Å². The zero-order valence-corrected chi connectivity index (χ0v) is 38.1. The highest BCUT2D eigenvalue weighted by atomic mass is 35.5. The van der Waals surface area contributed by atoms with Crippen molar-refractivity contribution < 1.29 is 65.2 Å².